The molecule has 0 aliphatic carbocycles. The molecule has 0 rings (SSSR count). The molecule has 1 N–H and O–H groups in total. The van der Waals surface area contributed by atoms with Gasteiger partial charge < -0.3 is 5.11 Å². The number of carbonyl (C=O) groups is 1. The molecule has 0 aliphatic rings. The first-order valence-corrected chi connectivity index (χ1v) is 2.83. The molecule has 0 radical (unpaired) electrons. The fraction of sp³-hybridized carbons (Fsp3) is 0.571. The first-order valence-electron chi connectivity index (χ1n) is 2.83. The molecule has 10 heavy (non-hydrogen) atoms. The normalized spacial score (nSPS) is 11.1. The van der Waals surface area contributed by atoms with Gasteiger partial charge in [0.25, 0.3) is 0 Å². The first kappa shape index (κ1) is 13.4. The zero-order valence-electron chi connectivity index (χ0n) is 7.01. The van der Waals surface area contributed by atoms with Crippen LogP contribution in [0.3, 0.4) is 0 Å². The van der Waals surface area contributed by atoms with Crippen LogP contribution in [0.25, 0.3) is 0 Å². The monoisotopic (exact) mass is 167 g/mol. The number of ketones is 1. The Bertz CT molecular complexity index is 133. The van der Waals surface area contributed by atoms with Crippen molar-refractivity contribution in [2.24, 2.45) is 5.41 Å². The Balaban J connectivity index is 0. The SMILES string of the molecule is CC(C)(C)C(=O)/C=C/O.[K+]. The Morgan fingerprint density at radius 3 is 1.90 bits per heavy atom. The van der Waals surface area contributed by atoms with Gasteiger partial charge in [-0.1, -0.05) is 20.8 Å². The molecule has 52 valence electrons. The van der Waals surface area contributed by atoms with Gasteiger partial charge in [0, 0.05) is 11.5 Å². The minimum Gasteiger partial charge on any atom is -0.515 e. The van der Waals surface area contributed by atoms with E-state index in [2.05, 4.69) is 0 Å². The minimum atomic E-state index is -0.376. The summed E-state index contributed by atoms with van der Waals surface area (Å²) in [6.07, 6.45) is 1.94. The third kappa shape index (κ3) is 5.62. The van der Waals surface area contributed by atoms with Crippen molar-refractivity contribution in [3.8, 4) is 0 Å². The number of allylic oxidation sites excluding steroid dienone is 1. The van der Waals surface area contributed by atoms with E-state index in [1.165, 1.54) is 6.08 Å². The summed E-state index contributed by atoms with van der Waals surface area (Å²) in [7, 11) is 0. The van der Waals surface area contributed by atoms with Crippen molar-refractivity contribution >= 4 is 5.78 Å². The van der Waals surface area contributed by atoms with Crippen LogP contribution in [0.2, 0.25) is 0 Å². The molecule has 0 bridgehead atoms. The third-order valence-corrected chi connectivity index (χ3v) is 0.965. The summed E-state index contributed by atoms with van der Waals surface area (Å²) in [4.78, 5) is 10.8. The van der Waals surface area contributed by atoms with E-state index in [4.69, 9.17) is 5.11 Å². The Kier molecular flexibility index (Phi) is 7.38. The maximum atomic E-state index is 10.8. The van der Waals surface area contributed by atoms with Gasteiger partial charge in [0.15, 0.2) is 5.78 Å². The largest absolute Gasteiger partial charge is 1.00 e. The standard InChI is InChI=1S/C7H12O2.K/c1-7(2,3)6(9)4-5-8;/h4-5,8H,1-3H3;/q;+1/b5-4+;. The molecule has 0 aromatic carbocycles. The van der Waals surface area contributed by atoms with Gasteiger partial charge in [-0.2, -0.15) is 0 Å². The van der Waals surface area contributed by atoms with E-state index in [0.717, 1.165) is 6.26 Å². The van der Waals surface area contributed by atoms with Crippen LogP contribution in [0.5, 0.6) is 0 Å². The van der Waals surface area contributed by atoms with E-state index in [9.17, 15) is 4.79 Å². The topological polar surface area (TPSA) is 37.3 Å². The second kappa shape index (κ2) is 5.49. The second-order valence-electron chi connectivity index (χ2n) is 2.93. The summed E-state index contributed by atoms with van der Waals surface area (Å²) >= 11 is 0. The summed E-state index contributed by atoms with van der Waals surface area (Å²) in [5.41, 5.74) is -0.376. The number of aliphatic hydroxyl groups excluding tert-OH is 1. The molecular weight excluding hydrogens is 155 g/mol. The van der Waals surface area contributed by atoms with Crippen LogP contribution >= 0.6 is 0 Å². The Morgan fingerprint density at radius 2 is 1.80 bits per heavy atom. The molecule has 0 saturated carbocycles. The molecular formula is C7H12KO2+. The van der Waals surface area contributed by atoms with Crippen molar-refractivity contribution in [2.75, 3.05) is 0 Å². The number of carbonyl (C=O) groups excluding carboxylic acids is 1. The summed E-state index contributed by atoms with van der Waals surface area (Å²) < 4.78 is 0. The molecule has 0 aromatic heterocycles. The van der Waals surface area contributed by atoms with E-state index in [0.29, 0.717) is 0 Å². The van der Waals surface area contributed by atoms with Gasteiger partial charge in [0.05, 0.1) is 6.26 Å². The predicted molar refractivity (Wildman–Crippen MR) is 36.2 cm³/mol. The summed E-state index contributed by atoms with van der Waals surface area (Å²) in [6.45, 7) is 5.40. The second-order valence-corrected chi connectivity index (χ2v) is 2.93. The minimum absolute atomic E-state index is 0. The fourth-order valence-corrected chi connectivity index (χ4v) is 0.318. The van der Waals surface area contributed by atoms with Crippen LogP contribution in [0.1, 0.15) is 20.8 Å². The fourth-order valence-electron chi connectivity index (χ4n) is 0.318. The molecule has 0 aliphatic heterocycles. The summed E-state index contributed by atoms with van der Waals surface area (Å²) in [5.74, 6) is -0.0648. The van der Waals surface area contributed by atoms with E-state index < -0.39 is 0 Å². The molecule has 0 aromatic rings. The van der Waals surface area contributed by atoms with Gasteiger partial charge in [-0.25, -0.2) is 0 Å². The quantitative estimate of drug-likeness (QED) is 0.299. The van der Waals surface area contributed by atoms with Crippen LogP contribution in [0.15, 0.2) is 12.3 Å². The Morgan fingerprint density at radius 1 is 1.40 bits per heavy atom. The number of hydrogen-bond acceptors (Lipinski definition) is 2. The van der Waals surface area contributed by atoms with Gasteiger partial charge in [-0.15, -0.1) is 0 Å². The predicted octanol–water partition coefficient (Wildman–Crippen LogP) is -1.32. The van der Waals surface area contributed by atoms with Gasteiger partial charge in [-0.05, 0) is 0 Å². The summed E-state index contributed by atoms with van der Waals surface area (Å²) in [5, 5.41) is 8.20. The number of aliphatic hydroxyl groups is 1. The molecule has 0 saturated heterocycles. The zero-order chi connectivity index (χ0) is 7.49. The molecule has 0 atom stereocenters. The van der Waals surface area contributed by atoms with Crippen LogP contribution in [-0.2, 0) is 4.79 Å². The van der Waals surface area contributed by atoms with Gasteiger partial charge >= 0.3 is 51.4 Å². The summed E-state index contributed by atoms with van der Waals surface area (Å²) in [6, 6.07) is 0. The van der Waals surface area contributed by atoms with E-state index in [1.54, 1.807) is 20.8 Å². The Labute approximate surface area is 104 Å². The third-order valence-electron chi connectivity index (χ3n) is 0.965. The van der Waals surface area contributed by atoms with Gasteiger partial charge in [0.1, 0.15) is 0 Å². The molecule has 0 unspecified atom stereocenters. The van der Waals surface area contributed by atoms with Crippen molar-refractivity contribution < 1.29 is 61.3 Å². The van der Waals surface area contributed by atoms with E-state index >= 15 is 0 Å². The molecule has 0 fully saturated rings. The van der Waals surface area contributed by atoms with Gasteiger partial charge in [-0.3, -0.25) is 4.79 Å². The number of rotatable bonds is 1. The molecule has 0 heterocycles. The number of hydrogen-bond donors (Lipinski definition) is 1. The Hall–Kier alpha value is 0.846. The van der Waals surface area contributed by atoms with Crippen LogP contribution in [0.4, 0.5) is 0 Å². The van der Waals surface area contributed by atoms with Crippen LogP contribution in [0, 0.1) is 5.41 Å². The first-order chi connectivity index (χ1) is 3.98. The maximum Gasteiger partial charge on any atom is 1.00 e. The molecule has 0 amide bonds. The van der Waals surface area contributed by atoms with Crippen molar-refractivity contribution in [3.05, 3.63) is 12.3 Å². The van der Waals surface area contributed by atoms with Crippen molar-refractivity contribution in [1.82, 2.24) is 0 Å². The molecule has 0 spiro atoms. The van der Waals surface area contributed by atoms with Crippen LogP contribution in [-0.4, -0.2) is 10.9 Å². The average Bonchev–Trinajstić information content (AvgIpc) is 1.64. The molecule has 2 nitrogen and oxygen atoms in total. The molecule has 3 heteroatoms. The van der Waals surface area contributed by atoms with E-state index in [1.807, 2.05) is 0 Å². The van der Waals surface area contributed by atoms with Crippen LogP contribution < -0.4 is 51.4 Å². The zero-order valence-corrected chi connectivity index (χ0v) is 10.1. The average molecular weight is 167 g/mol. The maximum absolute atomic E-state index is 10.8. The van der Waals surface area contributed by atoms with Crippen molar-refractivity contribution in [3.63, 3.8) is 0 Å². The van der Waals surface area contributed by atoms with Crippen molar-refractivity contribution in [1.29, 1.82) is 0 Å². The smallest absolute Gasteiger partial charge is 0.515 e. The van der Waals surface area contributed by atoms with Crippen molar-refractivity contribution in [2.45, 2.75) is 20.8 Å². The van der Waals surface area contributed by atoms with Gasteiger partial charge in [0.2, 0.25) is 0 Å². The van der Waals surface area contributed by atoms with E-state index in [-0.39, 0.29) is 62.6 Å².